The van der Waals surface area contributed by atoms with E-state index in [2.05, 4.69) is 10.1 Å². The number of benzene rings is 1. The van der Waals surface area contributed by atoms with Crippen molar-refractivity contribution in [1.82, 2.24) is 5.32 Å². The Kier molecular flexibility index (Phi) is 3.89. The van der Waals surface area contributed by atoms with Crippen LogP contribution in [0.1, 0.15) is 29.8 Å². The minimum absolute atomic E-state index is 0.291. The molecule has 0 unspecified atom stereocenters. The number of amides is 1. The van der Waals surface area contributed by atoms with E-state index < -0.39 is 11.5 Å². The highest BCUT2D eigenvalue weighted by molar-refractivity contribution is 5.97. The lowest BCUT2D eigenvalue weighted by Crippen LogP contribution is -2.50. The van der Waals surface area contributed by atoms with Gasteiger partial charge in [0.05, 0.1) is 7.11 Å². The van der Waals surface area contributed by atoms with Gasteiger partial charge in [-0.15, -0.1) is 0 Å². The number of rotatable bonds is 3. The molecule has 0 spiro atoms. The summed E-state index contributed by atoms with van der Waals surface area (Å²) in [6, 6.07) is 7.14. The molecule has 1 aromatic carbocycles. The van der Waals surface area contributed by atoms with Gasteiger partial charge in [0.2, 0.25) is 0 Å². The van der Waals surface area contributed by atoms with Crippen LogP contribution in [0, 0.1) is 6.92 Å². The van der Waals surface area contributed by atoms with E-state index in [9.17, 15) is 9.59 Å². The number of hydrogen-bond donors (Lipinski definition) is 1. The van der Waals surface area contributed by atoms with Gasteiger partial charge in [-0.1, -0.05) is 17.7 Å². The Bertz CT molecular complexity index is 421. The highest BCUT2D eigenvalue weighted by atomic mass is 16.5. The van der Waals surface area contributed by atoms with E-state index in [-0.39, 0.29) is 5.91 Å². The lowest BCUT2D eigenvalue weighted by atomic mass is 10.0. The van der Waals surface area contributed by atoms with Crippen LogP contribution in [-0.2, 0) is 9.53 Å². The lowest BCUT2D eigenvalue weighted by molar-refractivity contribution is -0.146. The predicted molar refractivity (Wildman–Crippen MR) is 64.7 cm³/mol. The molecule has 92 valence electrons. The smallest absolute Gasteiger partial charge is 0.330 e. The zero-order valence-electron chi connectivity index (χ0n) is 10.5. The Morgan fingerprint density at radius 3 is 2.18 bits per heavy atom. The van der Waals surface area contributed by atoms with Crippen LogP contribution in [0.15, 0.2) is 24.3 Å². The average Bonchev–Trinajstić information content (AvgIpc) is 2.28. The first-order chi connectivity index (χ1) is 7.86. The van der Waals surface area contributed by atoms with E-state index in [4.69, 9.17) is 0 Å². The highest BCUT2D eigenvalue weighted by Crippen LogP contribution is 2.08. The number of nitrogens with one attached hydrogen (secondary N) is 1. The molecule has 0 bridgehead atoms. The number of esters is 1. The molecule has 17 heavy (non-hydrogen) atoms. The fourth-order valence-electron chi connectivity index (χ4n) is 1.37. The fourth-order valence-corrected chi connectivity index (χ4v) is 1.37. The summed E-state index contributed by atoms with van der Waals surface area (Å²) in [6.07, 6.45) is 0. The number of methoxy groups -OCH3 is 1. The maximum atomic E-state index is 11.9. The molecule has 0 atom stereocenters. The van der Waals surface area contributed by atoms with Crippen molar-refractivity contribution in [2.24, 2.45) is 0 Å². The van der Waals surface area contributed by atoms with Gasteiger partial charge < -0.3 is 10.1 Å². The maximum absolute atomic E-state index is 11.9. The van der Waals surface area contributed by atoms with Crippen LogP contribution in [0.2, 0.25) is 0 Å². The largest absolute Gasteiger partial charge is 0.467 e. The van der Waals surface area contributed by atoms with Gasteiger partial charge in [-0.05, 0) is 32.9 Å². The third-order valence-corrected chi connectivity index (χ3v) is 2.44. The monoisotopic (exact) mass is 235 g/mol. The van der Waals surface area contributed by atoms with Gasteiger partial charge in [-0.3, -0.25) is 4.79 Å². The summed E-state index contributed by atoms with van der Waals surface area (Å²) in [5.74, 6) is -0.765. The Morgan fingerprint density at radius 1 is 1.18 bits per heavy atom. The van der Waals surface area contributed by atoms with Gasteiger partial charge >= 0.3 is 5.97 Å². The second-order valence-corrected chi connectivity index (χ2v) is 4.44. The summed E-state index contributed by atoms with van der Waals surface area (Å²) in [5, 5.41) is 2.63. The average molecular weight is 235 g/mol. The number of carbonyl (C=O) groups excluding carboxylic acids is 2. The zero-order chi connectivity index (χ0) is 13.1. The molecule has 1 rings (SSSR count). The molecule has 0 heterocycles. The normalized spacial score (nSPS) is 10.8. The highest BCUT2D eigenvalue weighted by Gasteiger charge is 2.30. The van der Waals surface area contributed by atoms with Crippen LogP contribution in [0.4, 0.5) is 0 Å². The van der Waals surface area contributed by atoms with Crippen LogP contribution in [-0.4, -0.2) is 24.5 Å². The van der Waals surface area contributed by atoms with E-state index in [1.54, 1.807) is 26.0 Å². The summed E-state index contributed by atoms with van der Waals surface area (Å²) >= 11 is 0. The predicted octanol–water partition coefficient (Wildman–Crippen LogP) is 1.68. The van der Waals surface area contributed by atoms with Gasteiger partial charge in [0.15, 0.2) is 0 Å². The molecule has 1 amide bonds. The van der Waals surface area contributed by atoms with E-state index in [0.29, 0.717) is 5.56 Å². The van der Waals surface area contributed by atoms with E-state index in [1.807, 2.05) is 19.1 Å². The van der Waals surface area contributed by atoms with Gasteiger partial charge in [0.25, 0.3) is 5.91 Å². The Morgan fingerprint density at radius 2 is 1.71 bits per heavy atom. The minimum atomic E-state index is -1.03. The Hall–Kier alpha value is -1.84. The van der Waals surface area contributed by atoms with Crippen LogP contribution >= 0.6 is 0 Å². The number of carbonyl (C=O) groups is 2. The minimum Gasteiger partial charge on any atom is -0.467 e. The first-order valence-corrected chi connectivity index (χ1v) is 5.34. The maximum Gasteiger partial charge on any atom is 0.330 e. The number of aryl methyl sites for hydroxylation is 1. The van der Waals surface area contributed by atoms with Crippen molar-refractivity contribution < 1.29 is 14.3 Å². The van der Waals surface area contributed by atoms with Crippen LogP contribution in [0.5, 0.6) is 0 Å². The molecule has 4 nitrogen and oxygen atoms in total. The van der Waals surface area contributed by atoms with Crippen molar-refractivity contribution in [3.63, 3.8) is 0 Å². The molecule has 0 radical (unpaired) electrons. The summed E-state index contributed by atoms with van der Waals surface area (Å²) in [6.45, 7) is 5.15. The fraction of sp³-hybridized carbons (Fsp3) is 0.385. The molecule has 1 aromatic rings. The molecule has 0 aromatic heterocycles. The van der Waals surface area contributed by atoms with Crippen molar-refractivity contribution in [1.29, 1.82) is 0 Å². The molecule has 0 fully saturated rings. The van der Waals surface area contributed by atoms with Crippen molar-refractivity contribution in [2.75, 3.05) is 7.11 Å². The van der Waals surface area contributed by atoms with E-state index >= 15 is 0 Å². The number of hydrogen-bond acceptors (Lipinski definition) is 3. The van der Waals surface area contributed by atoms with Crippen molar-refractivity contribution in [3.8, 4) is 0 Å². The molecule has 1 N–H and O–H groups in total. The van der Waals surface area contributed by atoms with Gasteiger partial charge in [-0.2, -0.15) is 0 Å². The summed E-state index contributed by atoms with van der Waals surface area (Å²) in [5.41, 5.74) is 0.567. The molecule has 0 aliphatic carbocycles. The Labute approximate surface area is 101 Å². The molecule has 0 aliphatic heterocycles. The standard InChI is InChI=1S/C13H17NO3/c1-9-5-7-10(8-6-9)11(15)14-13(2,3)12(16)17-4/h5-8H,1-4H3,(H,14,15). The third-order valence-electron chi connectivity index (χ3n) is 2.44. The quantitative estimate of drug-likeness (QED) is 0.811. The Balaban J connectivity index is 2.79. The van der Waals surface area contributed by atoms with Crippen LogP contribution < -0.4 is 5.32 Å². The van der Waals surface area contributed by atoms with Crippen molar-refractivity contribution >= 4 is 11.9 Å². The molecule has 0 aliphatic rings. The number of ether oxygens (including phenoxy) is 1. The summed E-state index contributed by atoms with van der Waals surface area (Å²) in [4.78, 5) is 23.3. The van der Waals surface area contributed by atoms with Crippen LogP contribution in [0.3, 0.4) is 0 Å². The van der Waals surface area contributed by atoms with E-state index in [0.717, 1.165) is 5.56 Å². The van der Waals surface area contributed by atoms with Gasteiger partial charge in [-0.25, -0.2) is 4.79 Å². The van der Waals surface area contributed by atoms with E-state index in [1.165, 1.54) is 7.11 Å². The zero-order valence-corrected chi connectivity index (χ0v) is 10.5. The van der Waals surface area contributed by atoms with Gasteiger partial charge in [0.1, 0.15) is 5.54 Å². The first-order valence-electron chi connectivity index (χ1n) is 5.34. The SMILES string of the molecule is COC(=O)C(C)(C)NC(=O)c1ccc(C)cc1. The molecular weight excluding hydrogens is 218 g/mol. The van der Waals surface area contributed by atoms with Gasteiger partial charge in [0, 0.05) is 5.56 Å². The first kappa shape index (κ1) is 13.2. The summed E-state index contributed by atoms with van der Waals surface area (Å²) in [7, 11) is 1.29. The second kappa shape index (κ2) is 4.99. The molecule has 0 saturated heterocycles. The second-order valence-electron chi connectivity index (χ2n) is 4.44. The lowest BCUT2D eigenvalue weighted by Gasteiger charge is -2.23. The topological polar surface area (TPSA) is 55.4 Å². The molecule has 0 saturated carbocycles. The summed E-state index contributed by atoms with van der Waals surface area (Å²) < 4.78 is 4.62. The van der Waals surface area contributed by atoms with Crippen molar-refractivity contribution in [3.05, 3.63) is 35.4 Å². The molecule has 4 heteroatoms. The third kappa shape index (κ3) is 3.31. The molecular formula is C13H17NO3. The van der Waals surface area contributed by atoms with Crippen molar-refractivity contribution in [2.45, 2.75) is 26.3 Å². The van der Waals surface area contributed by atoms with Crippen LogP contribution in [0.25, 0.3) is 0 Å².